The molecule has 1 aliphatic rings. The average molecular weight is 406 g/mol. The van der Waals surface area contributed by atoms with Gasteiger partial charge in [-0.1, -0.05) is 36.4 Å². The fraction of sp³-hybridized carbons (Fsp3) is 0.280. The highest BCUT2D eigenvalue weighted by Gasteiger charge is 2.39. The Morgan fingerprint density at radius 3 is 2.27 bits per heavy atom. The summed E-state index contributed by atoms with van der Waals surface area (Å²) in [5.74, 6) is -0.240. The zero-order valence-electron chi connectivity index (χ0n) is 17.5. The van der Waals surface area contributed by atoms with Gasteiger partial charge in [-0.3, -0.25) is 0 Å². The molecule has 3 aromatic rings. The Kier molecular flexibility index (Phi) is 6.02. The number of benzene rings is 3. The predicted molar refractivity (Wildman–Crippen MR) is 122 cm³/mol. The quantitative estimate of drug-likeness (QED) is 0.538. The molecule has 0 spiro atoms. The molecule has 4 rings (SSSR count). The molecule has 0 unspecified atom stereocenters. The molecule has 0 radical (unpaired) electrons. The molecule has 1 saturated heterocycles. The van der Waals surface area contributed by atoms with E-state index < -0.39 is 0 Å². The molecular formula is C25H28FN3O. The van der Waals surface area contributed by atoms with E-state index in [1.165, 1.54) is 17.7 Å². The van der Waals surface area contributed by atoms with Crippen LogP contribution >= 0.6 is 0 Å². The number of ether oxygens (including phenoxy) is 1. The molecule has 3 aromatic carbocycles. The van der Waals surface area contributed by atoms with E-state index in [4.69, 9.17) is 4.74 Å². The van der Waals surface area contributed by atoms with E-state index >= 15 is 0 Å². The minimum Gasteiger partial charge on any atom is -0.384 e. The summed E-state index contributed by atoms with van der Waals surface area (Å²) in [6, 6.07) is 23.1. The Bertz CT molecular complexity index is 969. The Labute approximate surface area is 177 Å². The van der Waals surface area contributed by atoms with Crippen molar-refractivity contribution in [2.75, 3.05) is 51.0 Å². The van der Waals surface area contributed by atoms with E-state index in [-0.39, 0.29) is 11.2 Å². The van der Waals surface area contributed by atoms with Crippen molar-refractivity contribution in [3.63, 3.8) is 0 Å². The summed E-state index contributed by atoms with van der Waals surface area (Å²) in [5.41, 5.74) is 5.32. The van der Waals surface area contributed by atoms with Gasteiger partial charge < -0.3 is 20.3 Å². The summed E-state index contributed by atoms with van der Waals surface area (Å²) in [7, 11) is 4.20. The highest BCUT2D eigenvalue weighted by atomic mass is 19.1. The van der Waals surface area contributed by atoms with Crippen LogP contribution in [0.15, 0.2) is 72.8 Å². The molecule has 4 nitrogen and oxygen atoms in total. The lowest BCUT2D eigenvalue weighted by Crippen LogP contribution is -2.53. The van der Waals surface area contributed by atoms with Crippen LogP contribution in [0.5, 0.6) is 0 Å². The van der Waals surface area contributed by atoms with Crippen molar-refractivity contribution >= 4 is 17.1 Å². The van der Waals surface area contributed by atoms with Crippen LogP contribution in [0, 0.1) is 11.2 Å². The monoisotopic (exact) mass is 405 g/mol. The molecule has 5 heteroatoms. The Morgan fingerprint density at radius 1 is 0.933 bits per heavy atom. The van der Waals surface area contributed by atoms with Crippen LogP contribution in [0.3, 0.4) is 0 Å². The molecule has 0 amide bonds. The standard InChI is InChI=1S/C25H28FN3O/c1-29(2)16-25(17-30-18-25)15-27-24-14-22(28-21-10-8-20(26)9-11-21)12-13-23(24)19-6-4-3-5-7-19/h3-14,27-28H,15-18H2,1-2H3. The molecule has 30 heavy (non-hydrogen) atoms. The second kappa shape index (κ2) is 8.86. The van der Waals surface area contributed by atoms with Crippen molar-refractivity contribution in [3.05, 3.63) is 78.6 Å². The third-order valence-electron chi connectivity index (χ3n) is 5.36. The molecule has 0 aromatic heterocycles. The Hall–Kier alpha value is -2.89. The maximum atomic E-state index is 13.2. The summed E-state index contributed by atoms with van der Waals surface area (Å²) in [6.07, 6.45) is 0. The van der Waals surface area contributed by atoms with Crippen LogP contribution < -0.4 is 10.6 Å². The molecule has 0 saturated carbocycles. The molecular weight excluding hydrogens is 377 g/mol. The lowest BCUT2D eigenvalue weighted by atomic mass is 9.85. The SMILES string of the molecule is CN(C)CC1(CNc2cc(Nc3ccc(F)cc3)ccc2-c2ccccc2)COC1. The molecule has 2 N–H and O–H groups in total. The van der Waals surface area contributed by atoms with Gasteiger partial charge in [0.1, 0.15) is 5.82 Å². The van der Waals surface area contributed by atoms with Crippen molar-refractivity contribution in [2.45, 2.75) is 0 Å². The van der Waals surface area contributed by atoms with Gasteiger partial charge in [-0.25, -0.2) is 4.39 Å². The van der Waals surface area contributed by atoms with E-state index in [1.54, 1.807) is 12.1 Å². The minimum absolute atomic E-state index is 0.123. The first kappa shape index (κ1) is 20.4. The molecule has 0 atom stereocenters. The number of nitrogens with zero attached hydrogens (tertiary/aromatic N) is 1. The summed E-state index contributed by atoms with van der Waals surface area (Å²) < 4.78 is 18.8. The van der Waals surface area contributed by atoms with E-state index in [9.17, 15) is 4.39 Å². The van der Waals surface area contributed by atoms with E-state index in [1.807, 2.05) is 6.07 Å². The molecule has 156 valence electrons. The van der Waals surface area contributed by atoms with Gasteiger partial charge in [0.15, 0.2) is 0 Å². The first-order valence-corrected chi connectivity index (χ1v) is 10.2. The predicted octanol–water partition coefficient (Wildman–Crippen LogP) is 5.23. The highest BCUT2D eigenvalue weighted by Crippen LogP contribution is 2.34. The van der Waals surface area contributed by atoms with Crippen molar-refractivity contribution in [3.8, 4) is 11.1 Å². The van der Waals surface area contributed by atoms with E-state index in [2.05, 4.69) is 72.1 Å². The van der Waals surface area contributed by atoms with Crippen LogP contribution in [0.1, 0.15) is 0 Å². The van der Waals surface area contributed by atoms with Gasteiger partial charge in [0.05, 0.1) is 13.2 Å². The lowest BCUT2D eigenvalue weighted by Gasteiger charge is -2.43. The van der Waals surface area contributed by atoms with Gasteiger partial charge in [0.25, 0.3) is 0 Å². The summed E-state index contributed by atoms with van der Waals surface area (Å²) >= 11 is 0. The fourth-order valence-corrected chi connectivity index (χ4v) is 3.93. The van der Waals surface area contributed by atoms with Crippen LogP contribution in [-0.2, 0) is 4.74 Å². The number of hydrogen-bond acceptors (Lipinski definition) is 4. The highest BCUT2D eigenvalue weighted by molar-refractivity contribution is 5.81. The molecule has 1 aliphatic heterocycles. The van der Waals surface area contributed by atoms with Gasteiger partial charge in [-0.2, -0.15) is 0 Å². The number of rotatable bonds is 8. The molecule has 1 fully saturated rings. The van der Waals surface area contributed by atoms with Gasteiger partial charge >= 0.3 is 0 Å². The fourth-order valence-electron chi connectivity index (χ4n) is 3.93. The van der Waals surface area contributed by atoms with Gasteiger partial charge in [0, 0.05) is 41.1 Å². The maximum absolute atomic E-state index is 13.2. The number of anilines is 3. The van der Waals surface area contributed by atoms with Gasteiger partial charge in [0.2, 0.25) is 0 Å². The summed E-state index contributed by atoms with van der Waals surface area (Å²) in [5, 5.41) is 7.06. The van der Waals surface area contributed by atoms with Crippen LogP contribution in [-0.4, -0.2) is 45.3 Å². The molecule has 0 aliphatic carbocycles. The maximum Gasteiger partial charge on any atom is 0.123 e. The third-order valence-corrected chi connectivity index (χ3v) is 5.36. The molecule has 0 bridgehead atoms. The van der Waals surface area contributed by atoms with Crippen molar-refractivity contribution in [1.82, 2.24) is 4.90 Å². The van der Waals surface area contributed by atoms with Crippen LogP contribution in [0.25, 0.3) is 11.1 Å². The first-order chi connectivity index (χ1) is 14.5. The summed E-state index contributed by atoms with van der Waals surface area (Å²) in [4.78, 5) is 2.22. The van der Waals surface area contributed by atoms with Gasteiger partial charge in [-0.05, 0) is 56.1 Å². The number of halogens is 1. The van der Waals surface area contributed by atoms with Crippen LogP contribution in [0.4, 0.5) is 21.5 Å². The zero-order valence-corrected chi connectivity index (χ0v) is 17.5. The van der Waals surface area contributed by atoms with E-state index in [0.717, 1.165) is 48.9 Å². The largest absolute Gasteiger partial charge is 0.384 e. The van der Waals surface area contributed by atoms with Crippen molar-refractivity contribution < 1.29 is 9.13 Å². The Morgan fingerprint density at radius 2 is 1.63 bits per heavy atom. The smallest absolute Gasteiger partial charge is 0.123 e. The lowest BCUT2D eigenvalue weighted by molar-refractivity contribution is -0.113. The topological polar surface area (TPSA) is 36.5 Å². The number of hydrogen-bond donors (Lipinski definition) is 2. The van der Waals surface area contributed by atoms with Crippen molar-refractivity contribution in [1.29, 1.82) is 0 Å². The third kappa shape index (κ3) is 4.81. The van der Waals surface area contributed by atoms with E-state index in [0.29, 0.717) is 0 Å². The first-order valence-electron chi connectivity index (χ1n) is 10.2. The number of nitrogens with one attached hydrogen (secondary N) is 2. The van der Waals surface area contributed by atoms with Crippen LogP contribution in [0.2, 0.25) is 0 Å². The second-order valence-corrected chi connectivity index (χ2v) is 8.34. The van der Waals surface area contributed by atoms with Gasteiger partial charge in [-0.15, -0.1) is 0 Å². The van der Waals surface area contributed by atoms with Crippen molar-refractivity contribution in [2.24, 2.45) is 5.41 Å². The normalized spacial score (nSPS) is 14.9. The minimum atomic E-state index is -0.240. The Balaban J connectivity index is 1.60. The second-order valence-electron chi connectivity index (χ2n) is 8.34. The summed E-state index contributed by atoms with van der Waals surface area (Å²) in [6.45, 7) is 3.36. The zero-order chi connectivity index (χ0) is 21.0. The average Bonchev–Trinajstić information content (AvgIpc) is 2.72. The molecule has 1 heterocycles.